The molecule has 0 radical (unpaired) electrons. The van der Waals surface area contributed by atoms with Crippen LogP contribution in [-0.4, -0.2) is 35.6 Å². The number of carbonyl (C=O) groups excluding carboxylic acids is 1. The fourth-order valence-electron chi connectivity index (χ4n) is 1.85. The number of amides is 2. The predicted molar refractivity (Wildman–Crippen MR) is 89.3 cm³/mol. The third-order valence-electron chi connectivity index (χ3n) is 2.84. The summed E-state index contributed by atoms with van der Waals surface area (Å²) in [5, 5.41) is 9.87. The summed E-state index contributed by atoms with van der Waals surface area (Å²) in [5.41, 5.74) is 1.07. The lowest BCUT2D eigenvalue weighted by Crippen LogP contribution is -2.20. The maximum atomic E-state index is 12.0. The van der Waals surface area contributed by atoms with Gasteiger partial charge in [0, 0.05) is 24.9 Å². The van der Waals surface area contributed by atoms with Crippen LogP contribution in [0.4, 0.5) is 16.2 Å². The molecule has 1 aromatic heterocycles. The Balaban J connectivity index is 1.99. The first kappa shape index (κ1) is 17.1. The molecule has 0 unspecified atom stereocenters. The predicted octanol–water partition coefficient (Wildman–Crippen LogP) is 3.13. The molecule has 0 spiro atoms. The molecule has 7 nitrogen and oxygen atoms in total. The molecule has 0 aliphatic rings. The summed E-state index contributed by atoms with van der Waals surface area (Å²) >= 11 is 5.98. The first-order valence-electron chi connectivity index (χ1n) is 7.15. The molecular formula is C15H19ClN4O3. The summed E-state index contributed by atoms with van der Waals surface area (Å²) in [6, 6.07) is 4.62. The van der Waals surface area contributed by atoms with Gasteiger partial charge in [0.1, 0.15) is 12.4 Å². The van der Waals surface area contributed by atoms with Crippen molar-refractivity contribution in [3.05, 3.63) is 35.6 Å². The molecule has 2 N–H and O–H groups in total. The highest BCUT2D eigenvalue weighted by atomic mass is 35.5. The summed E-state index contributed by atoms with van der Waals surface area (Å²) in [4.78, 5) is 12.0. The van der Waals surface area contributed by atoms with Crippen LogP contribution in [-0.2, 0) is 11.8 Å². The van der Waals surface area contributed by atoms with Crippen LogP contribution >= 0.6 is 11.6 Å². The molecule has 0 atom stereocenters. The van der Waals surface area contributed by atoms with E-state index in [9.17, 15) is 4.79 Å². The second-order valence-electron chi connectivity index (χ2n) is 4.67. The number of nitrogens with one attached hydrogen (secondary N) is 2. The molecule has 0 bridgehead atoms. The van der Waals surface area contributed by atoms with Gasteiger partial charge in [-0.1, -0.05) is 11.6 Å². The van der Waals surface area contributed by atoms with Crippen molar-refractivity contribution in [2.75, 3.05) is 30.5 Å². The Kier molecular flexibility index (Phi) is 6.25. The molecule has 1 heterocycles. The van der Waals surface area contributed by atoms with Gasteiger partial charge in [0.25, 0.3) is 0 Å². The first-order valence-corrected chi connectivity index (χ1v) is 7.53. The second kappa shape index (κ2) is 8.40. The Morgan fingerprint density at radius 2 is 2.17 bits per heavy atom. The van der Waals surface area contributed by atoms with Crippen LogP contribution in [0.5, 0.6) is 5.75 Å². The van der Waals surface area contributed by atoms with E-state index in [1.54, 1.807) is 42.3 Å². The van der Waals surface area contributed by atoms with E-state index in [-0.39, 0.29) is 0 Å². The number of rotatable bonds is 7. The van der Waals surface area contributed by atoms with Crippen molar-refractivity contribution >= 4 is 29.0 Å². The van der Waals surface area contributed by atoms with E-state index in [4.69, 9.17) is 21.1 Å². The van der Waals surface area contributed by atoms with Gasteiger partial charge < -0.3 is 20.1 Å². The average Bonchev–Trinajstić information content (AvgIpc) is 2.90. The zero-order chi connectivity index (χ0) is 16.7. The lowest BCUT2D eigenvalue weighted by molar-refractivity contribution is 0.110. The number of aryl methyl sites for hydroxylation is 1. The quantitative estimate of drug-likeness (QED) is 0.760. The van der Waals surface area contributed by atoms with E-state index in [1.807, 2.05) is 6.92 Å². The molecular weight excluding hydrogens is 320 g/mol. The van der Waals surface area contributed by atoms with E-state index < -0.39 is 6.03 Å². The maximum absolute atomic E-state index is 12.0. The van der Waals surface area contributed by atoms with Gasteiger partial charge in [-0.2, -0.15) is 5.10 Å². The molecule has 2 rings (SSSR count). The number of urea groups is 1. The van der Waals surface area contributed by atoms with Gasteiger partial charge in [0.2, 0.25) is 0 Å². The molecule has 124 valence electrons. The van der Waals surface area contributed by atoms with Gasteiger partial charge in [-0.25, -0.2) is 4.79 Å². The number of hydrogen-bond acceptors (Lipinski definition) is 4. The summed E-state index contributed by atoms with van der Waals surface area (Å²) in [5.74, 6) is 0.524. The maximum Gasteiger partial charge on any atom is 0.323 e. The lowest BCUT2D eigenvalue weighted by atomic mass is 10.3. The number of halogens is 1. The SMILES string of the molecule is CCOCCOc1ccc(Cl)cc1NC(=O)Nc1cnn(C)c1. The molecule has 23 heavy (non-hydrogen) atoms. The van der Waals surface area contributed by atoms with Crippen molar-refractivity contribution in [1.29, 1.82) is 0 Å². The van der Waals surface area contributed by atoms with Gasteiger partial charge >= 0.3 is 6.03 Å². The Morgan fingerprint density at radius 3 is 2.87 bits per heavy atom. The number of hydrogen-bond donors (Lipinski definition) is 2. The number of carbonyl (C=O) groups is 1. The van der Waals surface area contributed by atoms with Gasteiger partial charge in [-0.05, 0) is 25.1 Å². The smallest absolute Gasteiger partial charge is 0.323 e. The van der Waals surface area contributed by atoms with Crippen molar-refractivity contribution in [1.82, 2.24) is 9.78 Å². The monoisotopic (exact) mass is 338 g/mol. The number of anilines is 2. The minimum Gasteiger partial charge on any atom is -0.489 e. The highest BCUT2D eigenvalue weighted by molar-refractivity contribution is 6.31. The fraction of sp³-hybridized carbons (Fsp3) is 0.333. The van der Waals surface area contributed by atoms with E-state index in [1.165, 1.54) is 0 Å². The lowest BCUT2D eigenvalue weighted by Gasteiger charge is -2.13. The van der Waals surface area contributed by atoms with Crippen molar-refractivity contribution < 1.29 is 14.3 Å². The summed E-state index contributed by atoms with van der Waals surface area (Å²) in [6.07, 6.45) is 3.24. The molecule has 8 heteroatoms. The Labute approximate surface area is 139 Å². The van der Waals surface area contributed by atoms with Gasteiger partial charge in [0.15, 0.2) is 0 Å². The van der Waals surface area contributed by atoms with Crippen LogP contribution in [0, 0.1) is 0 Å². The molecule has 0 saturated carbocycles. The van der Waals surface area contributed by atoms with Crippen molar-refractivity contribution in [3.63, 3.8) is 0 Å². The minimum absolute atomic E-state index is 0.383. The zero-order valence-electron chi connectivity index (χ0n) is 13.0. The Hall–Kier alpha value is -2.25. The van der Waals surface area contributed by atoms with E-state index in [0.717, 1.165) is 0 Å². The third kappa shape index (κ3) is 5.46. The highest BCUT2D eigenvalue weighted by Gasteiger charge is 2.10. The van der Waals surface area contributed by atoms with E-state index in [2.05, 4.69) is 15.7 Å². The zero-order valence-corrected chi connectivity index (χ0v) is 13.8. The molecule has 0 fully saturated rings. The van der Waals surface area contributed by atoms with Crippen LogP contribution < -0.4 is 15.4 Å². The topological polar surface area (TPSA) is 77.4 Å². The fourth-order valence-corrected chi connectivity index (χ4v) is 2.02. The van der Waals surface area contributed by atoms with Crippen LogP contribution in [0.3, 0.4) is 0 Å². The van der Waals surface area contributed by atoms with Gasteiger partial charge in [0.05, 0.1) is 24.2 Å². The number of aromatic nitrogens is 2. The minimum atomic E-state index is -0.407. The largest absolute Gasteiger partial charge is 0.489 e. The summed E-state index contributed by atoms with van der Waals surface area (Å²) in [7, 11) is 1.77. The Morgan fingerprint density at radius 1 is 1.35 bits per heavy atom. The van der Waals surface area contributed by atoms with Crippen LogP contribution in [0.2, 0.25) is 5.02 Å². The molecule has 0 aliphatic heterocycles. The van der Waals surface area contributed by atoms with Gasteiger partial charge in [-0.15, -0.1) is 0 Å². The van der Waals surface area contributed by atoms with Crippen LogP contribution in [0.1, 0.15) is 6.92 Å². The third-order valence-corrected chi connectivity index (χ3v) is 3.08. The highest BCUT2D eigenvalue weighted by Crippen LogP contribution is 2.28. The van der Waals surface area contributed by atoms with Crippen molar-refractivity contribution in [2.45, 2.75) is 6.92 Å². The van der Waals surface area contributed by atoms with Crippen molar-refractivity contribution in [3.8, 4) is 5.75 Å². The summed E-state index contributed by atoms with van der Waals surface area (Å²) in [6.45, 7) is 3.40. The summed E-state index contributed by atoms with van der Waals surface area (Å²) < 4.78 is 12.4. The van der Waals surface area contributed by atoms with Gasteiger partial charge in [-0.3, -0.25) is 4.68 Å². The number of nitrogens with zero attached hydrogens (tertiary/aromatic N) is 2. The Bertz CT molecular complexity index is 660. The van der Waals surface area contributed by atoms with Crippen LogP contribution in [0.15, 0.2) is 30.6 Å². The molecule has 2 amide bonds. The number of ether oxygens (including phenoxy) is 2. The van der Waals surface area contributed by atoms with E-state index >= 15 is 0 Å². The first-order chi connectivity index (χ1) is 11.1. The van der Waals surface area contributed by atoms with Crippen molar-refractivity contribution in [2.24, 2.45) is 7.05 Å². The normalized spacial score (nSPS) is 10.4. The molecule has 2 aromatic rings. The average molecular weight is 339 g/mol. The number of benzene rings is 1. The van der Waals surface area contributed by atoms with Crippen LogP contribution in [0.25, 0.3) is 0 Å². The van der Waals surface area contributed by atoms with E-state index in [0.29, 0.717) is 42.0 Å². The second-order valence-corrected chi connectivity index (χ2v) is 5.10. The molecule has 0 saturated heterocycles. The standard InChI is InChI=1S/C15H19ClN4O3/c1-3-22-6-7-23-14-5-4-11(16)8-13(14)19-15(21)18-12-9-17-20(2)10-12/h4-5,8-10H,3,6-7H2,1-2H3,(H2,18,19,21). The molecule has 1 aromatic carbocycles. The molecule has 0 aliphatic carbocycles.